The standard InChI is InChI=1S/C60H116N22O13/c1-32(2)27-37(63)48(85)75-41(20-15-25-71-59(66)67)52(89)80-44(29-34(5)6)55(92)82-47(36(9)83)56(93)79-42(21-16-26-72-60(68)69)51(88)77-39(17-10-12-22-61)50(87)76-38(19-14-24-70-58(64)65)49(86)73-31-46(84)74-43(28-33(3)4)54(91)78-40(18-11-13-23-62)53(90)81-45(57(94)95)30-35(7)8/h32-45,47,83H,10-31,61-63H2,1-9H3,(H,73,86)(H,74,84)(H,75,85)(H,76,87)(H,77,88)(H,78,91)(H,79,93)(H,80,89)(H,81,90)(H,82,92)(H,94,95)(H4,64,65,70)(H4,66,67,71)(H4,68,69,72)/t36-,37+,38+,39+,40+,41+,42+,43+,44+,45+,47+/m1/s1. The molecular weight excluding hydrogens is 1240 g/mol. The van der Waals surface area contributed by atoms with Gasteiger partial charge >= 0.3 is 5.97 Å². The molecule has 0 rings (SSSR count). The molecule has 0 fully saturated rings. The van der Waals surface area contributed by atoms with Crippen LogP contribution in [0.2, 0.25) is 0 Å². The number of carbonyl (C=O) groups is 11. The predicted molar refractivity (Wildman–Crippen MR) is 359 cm³/mol. The molecule has 0 aromatic rings. The van der Waals surface area contributed by atoms with Gasteiger partial charge < -0.3 is 114 Å². The van der Waals surface area contributed by atoms with E-state index in [4.69, 9.17) is 50.6 Å². The molecule has 0 heterocycles. The lowest BCUT2D eigenvalue weighted by Gasteiger charge is -2.29. The van der Waals surface area contributed by atoms with Crippen LogP contribution in [0.15, 0.2) is 0 Å². The molecule has 0 aromatic carbocycles. The number of nitrogens with one attached hydrogen (secondary N) is 16. The first-order valence-corrected chi connectivity index (χ1v) is 32.8. The zero-order chi connectivity index (χ0) is 72.5. The molecule has 0 aliphatic rings. The Morgan fingerprint density at radius 3 is 1.00 bits per heavy atom. The lowest BCUT2D eigenvalue weighted by atomic mass is 10.0. The maximum Gasteiger partial charge on any atom is 0.326 e. The second kappa shape index (κ2) is 47.7. The quantitative estimate of drug-likeness (QED) is 0.0155. The minimum Gasteiger partial charge on any atom is -0.480 e. The number of hydrogen-bond acceptors (Lipinski definition) is 18. The van der Waals surface area contributed by atoms with Gasteiger partial charge in [-0.15, -0.1) is 0 Å². The van der Waals surface area contributed by atoms with Gasteiger partial charge in [-0.3, -0.25) is 64.2 Å². The van der Waals surface area contributed by atoms with Crippen molar-refractivity contribution in [3.8, 4) is 0 Å². The monoisotopic (exact) mass is 1350 g/mol. The highest BCUT2D eigenvalue weighted by atomic mass is 16.4. The van der Waals surface area contributed by atoms with E-state index in [-0.39, 0.29) is 139 Å². The summed E-state index contributed by atoms with van der Waals surface area (Å²) in [4.78, 5) is 152. The van der Waals surface area contributed by atoms with Crippen LogP contribution in [0.4, 0.5) is 0 Å². The number of aliphatic hydroxyl groups is 1. The van der Waals surface area contributed by atoms with Gasteiger partial charge in [0.25, 0.3) is 0 Å². The van der Waals surface area contributed by atoms with Gasteiger partial charge in [-0.05, 0) is 146 Å². The maximum absolute atomic E-state index is 14.5. The summed E-state index contributed by atoms with van der Waals surface area (Å²) in [6, 6.07) is -13.3. The van der Waals surface area contributed by atoms with Crippen molar-refractivity contribution in [3.05, 3.63) is 0 Å². The molecule has 11 atom stereocenters. The molecule has 95 heavy (non-hydrogen) atoms. The molecule has 0 aromatic heterocycles. The fourth-order valence-corrected chi connectivity index (χ4v) is 9.73. The van der Waals surface area contributed by atoms with E-state index >= 15 is 0 Å². The summed E-state index contributed by atoms with van der Waals surface area (Å²) in [6.07, 6.45) is 0.677. The summed E-state index contributed by atoms with van der Waals surface area (Å²) >= 11 is 0. The second-order valence-electron chi connectivity index (χ2n) is 25.5. The van der Waals surface area contributed by atoms with Crippen LogP contribution >= 0.6 is 0 Å². The van der Waals surface area contributed by atoms with E-state index in [1.165, 1.54) is 6.92 Å². The number of unbranched alkanes of at least 4 members (excludes halogenated alkanes) is 2. The molecule has 544 valence electrons. The van der Waals surface area contributed by atoms with Crippen LogP contribution in [-0.2, 0) is 52.7 Å². The highest BCUT2D eigenvalue weighted by Gasteiger charge is 2.37. The van der Waals surface area contributed by atoms with Gasteiger partial charge in [-0.25, -0.2) is 4.79 Å². The van der Waals surface area contributed by atoms with E-state index in [1.54, 1.807) is 41.5 Å². The molecule has 0 spiro atoms. The van der Waals surface area contributed by atoms with Gasteiger partial charge in [0.05, 0.1) is 18.7 Å². The topological polar surface area (TPSA) is 612 Å². The van der Waals surface area contributed by atoms with Crippen molar-refractivity contribution in [2.24, 2.45) is 58.1 Å². The van der Waals surface area contributed by atoms with Crippen molar-refractivity contribution < 1.29 is 63.0 Å². The fraction of sp³-hybridized carbons (Fsp3) is 0.767. The Labute approximate surface area is 558 Å². The van der Waals surface area contributed by atoms with E-state index < -0.39 is 144 Å². The van der Waals surface area contributed by atoms with E-state index in [1.807, 2.05) is 13.8 Å². The number of aliphatic carboxylic acids is 1. The average molecular weight is 1350 g/mol. The molecule has 0 aliphatic heterocycles. The fourth-order valence-electron chi connectivity index (χ4n) is 9.73. The number of carbonyl (C=O) groups excluding carboxylic acids is 10. The smallest absolute Gasteiger partial charge is 0.326 e. The number of aliphatic hydroxyl groups excluding tert-OH is 1. The first-order valence-electron chi connectivity index (χ1n) is 32.8. The Kier molecular flexibility index (Phi) is 43.6. The third-order valence-electron chi connectivity index (χ3n) is 14.6. The molecule has 35 nitrogen and oxygen atoms in total. The first kappa shape index (κ1) is 86.8. The Morgan fingerprint density at radius 2 is 0.653 bits per heavy atom. The molecule has 30 N–H and O–H groups in total. The van der Waals surface area contributed by atoms with Crippen LogP contribution in [0, 0.1) is 39.9 Å². The Bertz CT molecular complexity index is 2470. The van der Waals surface area contributed by atoms with Crippen LogP contribution in [0.1, 0.15) is 165 Å². The molecule has 0 aliphatic carbocycles. The highest BCUT2D eigenvalue weighted by Crippen LogP contribution is 2.14. The molecule has 10 amide bonds. The summed E-state index contributed by atoms with van der Waals surface area (Å²) in [5.74, 6) is -11.2. The minimum absolute atomic E-state index is 0.0134. The van der Waals surface area contributed by atoms with E-state index in [2.05, 4.69) is 69.1 Å². The third kappa shape index (κ3) is 39.3. The van der Waals surface area contributed by atoms with Crippen molar-refractivity contribution in [2.75, 3.05) is 39.3 Å². The van der Waals surface area contributed by atoms with Gasteiger partial charge in [0.1, 0.15) is 54.4 Å². The molecular formula is C60H116N22O13. The van der Waals surface area contributed by atoms with Gasteiger partial charge in [0, 0.05) is 19.6 Å². The number of nitrogens with two attached hydrogens (primary N) is 6. The van der Waals surface area contributed by atoms with Gasteiger partial charge in [-0.2, -0.15) is 0 Å². The van der Waals surface area contributed by atoms with Crippen molar-refractivity contribution in [1.29, 1.82) is 16.2 Å². The lowest BCUT2D eigenvalue weighted by Crippen LogP contribution is -2.62. The minimum atomic E-state index is -1.76. The molecule has 0 radical (unpaired) electrons. The Hall–Kier alpha value is -8.18. The SMILES string of the molecule is CC(C)C[C@H](NC(=O)[C@H](CCCCN)NC(=O)[C@H](CC(C)C)NC(=O)CNC(=O)[C@H](CCCNC(=N)N)NC(=O)[C@H](CCCCN)NC(=O)[C@H](CCCNC(=N)N)NC(=O)[C@@H](NC(=O)[C@H](CC(C)C)NC(=O)[C@H](CCCNC(=N)N)NC(=O)[C@@H](N)CC(C)C)[C@@H](C)O)C(=O)O. The van der Waals surface area contributed by atoms with Crippen LogP contribution in [-0.4, -0.2) is 199 Å². The summed E-state index contributed by atoms with van der Waals surface area (Å²) in [5, 5.41) is 77.2. The number of rotatable bonds is 50. The van der Waals surface area contributed by atoms with Gasteiger partial charge in [-0.1, -0.05) is 55.4 Å². The number of guanidine groups is 3. The number of hydrogen-bond donors (Lipinski definition) is 24. The second-order valence-corrected chi connectivity index (χ2v) is 25.5. The zero-order valence-electron chi connectivity index (χ0n) is 57.1. The molecule has 0 unspecified atom stereocenters. The number of amides is 10. The molecule has 35 heteroatoms. The average Bonchev–Trinajstić information content (AvgIpc) is 0.903. The van der Waals surface area contributed by atoms with Gasteiger partial charge in [0.15, 0.2) is 17.9 Å². The third-order valence-corrected chi connectivity index (χ3v) is 14.6. The largest absolute Gasteiger partial charge is 0.480 e. The summed E-state index contributed by atoms with van der Waals surface area (Å²) in [5.41, 5.74) is 34.0. The first-order chi connectivity index (χ1) is 44.5. The van der Waals surface area contributed by atoms with Crippen LogP contribution in [0.5, 0.6) is 0 Å². The van der Waals surface area contributed by atoms with Crippen molar-refractivity contribution >= 4 is 82.9 Å². The maximum atomic E-state index is 14.5. The summed E-state index contributed by atoms with van der Waals surface area (Å²) in [7, 11) is 0. The molecule has 0 saturated heterocycles. The van der Waals surface area contributed by atoms with E-state index in [9.17, 15) is 63.0 Å². The number of carboxylic acid groups (broad SMARTS) is 1. The van der Waals surface area contributed by atoms with E-state index in [0.717, 1.165) is 0 Å². The van der Waals surface area contributed by atoms with Crippen molar-refractivity contribution in [1.82, 2.24) is 69.1 Å². The van der Waals surface area contributed by atoms with Crippen molar-refractivity contribution in [3.63, 3.8) is 0 Å². The Balaban J connectivity index is 6.99. The van der Waals surface area contributed by atoms with E-state index in [0.29, 0.717) is 32.2 Å². The van der Waals surface area contributed by atoms with Crippen LogP contribution < -0.4 is 104 Å². The predicted octanol–water partition coefficient (Wildman–Crippen LogP) is -4.51. The number of carboxylic acids is 1. The van der Waals surface area contributed by atoms with Gasteiger partial charge in [0.2, 0.25) is 59.1 Å². The summed E-state index contributed by atoms with van der Waals surface area (Å²) in [6.45, 7) is 15.7. The molecule has 0 saturated carbocycles. The van der Waals surface area contributed by atoms with Crippen LogP contribution in [0.25, 0.3) is 0 Å². The molecule has 0 bridgehead atoms. The van der Waals surface area contributed by atoms with Crippen LogP contribution in [0.3, 0.4) is 0 Å². The lowest BCUT2D eigenvalue weighted by molar-refractivity contribution is -0.143. The highest BCUT2D eigenvalue weighted by molar-refractivity contribution is 5.98. The summed E-state index contributed by atoms with van der Waals surface area (Å²) < 4.78 is 0. The van der Waals surface area contributed by atoms with Crippen molar-refractivity contribution in [2.45, 2.75) is 232 Å². The zero-order valence-corrected chi connectivity index (χ0v) is 57.1. The normalized spacial score (nSPS) is 14.7. The Morgan fingerprint density at radius 1 is 0.358 bits per heavy atom.